The van der Waals surface area contributed by atoms with E-state index in [0.29, 0.717) is 19.1 Å². The number of aryl methyl sites for hydroxylation is 1. The molecular weight excluding hydrogens is 254 g/mol. The fourth-order valence-corrected chi connectivity index (χ4v) is 2.67. The van der Waals surface area contributed by atoms with Gasteiger partial charge in [0.2, 0.25) is 0 Å². The second-order valence-corrected chi connectivity index (χ2v) is 5.29. The Bertz CT molecular complexity index is 441. The van der Waals surface area contributed by atoms with Crippen molar-refractivity contribution in [2.75, 3.05) is 26.4 Å². The molecular formula is C16H23NO3. The van der Waals surface area contributed by atoms with E-state index in [0.717, 1.165) is 30.6 Å². The summed E-state index contributed by atoms with van der Waals surface area (Å²) in [5.74, 6) is 0.372. The van der Waals surface area contributed by atoms with Crippen LogP contribution in [0.5, 0.6) is 0 Å². The maximum absolute atomic E-state index is 12.2. The summed E-state index contributed by atoms with van der Waals surface area (Å²) >= 11 is 0. The Kier molecular flexibility index (Phi) is 5.56. The molecule has 0 radical (unpaired) electrons. The molecule has 4 nitrogen and oxygen atoms in total. The molecule has 1 aliphatic rings. The smallest absolute Gasteiger partial charge is 0.251 e. The molecule has 4 heteroatoms. The molecule has 2 unspecified atom stereocenters. The van der Waals surface area contributed by atoms with Crippen LogP contribution in [-0.4, -0.2) is 37.4 Å². The van der Waals surface area contributed by atoms with Crippen LogP contribution < -0.4 is 5.32 Å². The van der Waals surface area contributed by atoms with Crippen molar-refractivity contribution in [3.63, 3.8) is 0 Å². The Balaban J connectivity index is 1.93. The second-order valence-electron chi connectivity index (χ2n) is 5.29. The van der Waals surface area contributed by atoms with Crippen LogP contribution in [0.4, 0.5) is 0 Å². The van der Waals surface area contributed by atoms with Crippen LogP contribution in [0, 0.1) is 11.8 Å². The number of rotatable bonds is 6. The average Bonchev–Trinajstić information content (AvgIpc) is 3.02. The molecule has 110 valence electrons. The highest BCUT2D eigenvalue weighted by Crippen LogP contribution is 2.21. The number of amides is 1. The summed E-state index contributed by atoms with van der Waals surface area (Å²) in [5.41, 5.74) is 1.78. The lowest BCUT2D eigenvalue weighted by Gasteiger charge is -2.20. The molecule has 0 saturated carbocycles. The van der Waals surface area contributed by atoms with Gasteiger partial charge in [0.25, 0.3) is 5.91 Å². The summed E-state index contributed by atoms with van der Waals surface area (Å²) in [4.78, 5) is 12.2. The molecule has 1 saturated heterocycles. The SMILES string of the molecule is CCc1ccccc1C(=O)NCC(CO)C1CCOC1. The Morgan fingerprint density at radius 2 is 2.30 bits per heavy atom. The molecule has 0 aliphatic carbocycles. The summed E-state index contributed by atoms with van der Waals surface area (Å²) in [6, 6.07) is 7.65. The Morgan fingerprint density at radius 1 is 1.50 bits per heavy atom. The minimum atomic E-state index is -0.0557. The van der Waals surface area contributed by atoms with E-state index in [9.17, 15) is 9.90 Å². The minimum absolute atomic E-state index is 0.0557. The number of carbonyl (C=O) groups is 1. The molecule has 1 amide bonds. The zero-order valence-electron chi connectivity index (χ0n) is 12.0. The third-order valence-electron chi connectivity index (χ3n) is 4.03. The van der Waals surface area contributed by atoms with E-state index in [1.165, 1.54) is 0 Å². The summed E-state index contributed by atoms with van der Waals surface area (Å²) in [6.45, 7) is 4.07. The predicted molar refractivity (Wildman–Crippen MR) is 77.7 cm³/mol. The van der Waals surface area contributed by atoms with Crippen molar-refractivity contribution in [2.45, 2.75) is 19.8 Å². The van der Waals surface area contributed by atoms with Gasteiger partial charge in [-0.2, -0.15) is 0 Å². The lowest BCUT2D eigenvalue weighted by atomic mass is 9.92. The first-order chi connectivity index (χ1) is 9.76. The van der Waals surface area contributed by atoms with Gasteiger partial charge in [0.15, 0.2) is 0 Å². The van der Waals surface area contributed by atoms with Gasteiger partial charge in [-0.25, -0.2) is 0 Å². The summed E-state index contributed by atoms with van der Waals surface area (Å²) in [7, 11) is 0. The number of hydrogen-bond acceptors (Lipinski definition) is 3. The second kappa shape index (κ2) is 7.41. The highest BCUT2D eigenvalue weighted by molar-refractivity contribution is 5.95. The number of nitrogens with one attached hydrogen (secondary N) is 1. The summed E-state index contributed by atoms with van der Waals surface area (Å²) in [5, 5.41) is 12.4. The van der Waals surface area contributed by atoms with Crippen LogP contribution in [0.3, 0.4) is 0 Å². The maximum atomic E-state index is 12.2. The predicted octanol–water partition coefficient (Wildman–Crippen LogP) is 1.62. The molecule has 1 aromatic rings. The zero-order valence-corrected chi connectivity index (χ0v) is 12.0. The van der Waals surface area contributed by atoms with E-state index in [-0.39, 0.29) is 18.4 Å². The van der Waals surface area contributed by atoms with Crippen molar-refractivity contribution >= 4 is 5.91 Å². The molecule has 0 aromatic heterocycles. The van der Waals surface area contributed by atoms with Gasteiger partial charge >= 0.3 is 0 Å². The van der Waals surface area contributed by atoms with Crippen molar-refractivity contribution in [1.82, 2.24) is 5.32 Å². The largest absolute Gasteiger partial charge is 0.396 e. The van der Waals surface area contributed by atoms with Gasteiger partial charge in [0.1, 0.15) is 0 Å². The molecule has 2 N–H and O–H groups in total. The minimum Gasteiger partial charge on any atom is -0.396 e. The third kappa shape index (κ3) is 3.58. The van der Waals surface area contributed by atoms with Crippen LogP contribution >= 0.6 is 0 Å². The van der Waals surface area contributed by atoms with Gasteiger partial charge in [-0.3, -0.25) is 4.79 Å². The molecule has 1 heterocycles. The van der Waals surface area contributed by atoms with Gasteiger partial charge in [0.05, 0.1) is 0 Å². The third-order valence-corrected chi connectivity index (χ3v) is 4.03. The standard InChI is InChI=1S/C16H23NO3/c1-2-12-5-3-4-6-15(12)16(19)17-9-14(10-18)13-7-8-20-11-13/h3-6,13-14,18H,2,7-11H2,1H3,(H,17,19). The van der Waals surface area contributed by atoms with Crippen LogP contribution in [-0.2, 0) is 11.2 Å². The van der Waals surface area contributed by atoms with Gasteiger partial charge in [0, 0.05) is 37.8 Å². The van der Waals surface area contributed by atoms with E-state index in [4.69, 9.17) is 4.74 Å². The lowest BCUT2D eigenvalue weighted by molar-refractivity contribution is 0.0916. The molecule has 20 heavy (non-hydrogen) atoms. The van der Waals surface area contributed by atoms with Crippen molar-refractivity contribution in [2.24, 2.45) is 11.8 Å². The highest BCUT2D eigenvalue weighted by atomic mass is 16.5. The van der Waals surface area contributed by atoms with Crippen molar-refractivity contribution in [3.05, 3.63) is 35.4 Å². The van der Waals surface area contributed by atoms with E-state index < -0.39 is 0 Å². The van der Waals surface area contributed by atoms with E-state index in [1.54, 1.807) is 0 Å². The molecule has 1 aromatic carbocycles. The van der Waals surface area contributed by atoms with Gasteiger partial charge in [-0.05, 0) is 30.4 Å². The summed E-state index contributed by atoms with van der Waals surface area (Å²) in [6.07, 6.45) is 1.80. The number of benzene rings is 1. The topological polar surface area (TPSA) is 58.6 Å². The quantitative estimate of drug-likeness (QED) is 0.831. The molecule has 1 aliphatic heterocycles. The summed E-state index contributed by atoms with van der Waals surface area (Å²) < 4.78 is 5.34. The fourth-order valence-electron chi connectivity index (χ4n) is 2.67. The Labute approximate surface area is 120 Å². The highest BCUT2D eigenvalue weighted by Gasteiger charge is 2.25. The van der Waals surface area contributed by atoms with Crippen LogP contribution in [0.25, 0.3) is 0 Å². The first-order valence-electron chi connectivity index (χ1n) is 7.31. The van der Waals surface area contributed by atoms with Crippen LogP contribution in [0.1, 0.15) is 29.3 Å². The molecule has 2 atom stereocenters. The van der Waals surface area contributed by atoms with Crippen LogP contribution in [0.15, 0.2) is 24.3 Å². The van der Waals surface area contributed by atoms with E-state index in [1.807, 2.05) is 31.2 Å². The molecule has 0 spiro atoms. The number of aliphatic hydroxyl groups is 1. The van der Waals surface area contributed by atoms with Crippen LogP contribution in [0.2, 0.25) is 0 Å². The van der Waals surface area contributed by atoms with E-state index in [2.05, 4.69) is 5.32 Å². The van der Waals surface area contributed by atoms with Gasteiger partial charge in [-0.15, -0.1) is 0 Å². The number of aliphatic hydroxyl groups excluding tert-OH is 1. The average molecular weight is 277 g/mol. The molecule has 1 fully saturated rings. The van der Waals surface area contributed by atoms with Crippen molar-refractivity contribution < 1.29 is 14.6 Å². The Hall–Kier alpha value is -1.39. The zero-order chi connectivity index (χ0) is 14.4. The van der Waals surface area contributed by atoms with Crippen molar-refractivity contribution in [1.29, 1.82) is 0 Å². The van der Waals surface area contributed by atoms with Gasteiger partial charge < -0.3 is 15.2 Å². The number of carbonyl (C=O) groups excluding carboxylic acids is 1. The number of ether oxygens (including phenoxy) is 1. The fraction of sp³-hybridized carbons (Fsp3) is 0.562. The maximum Gasteiger partial charge on any atom is 0.251 e. The first kappa shape index (κ1) is 15.0. The van der Waals surface area contributed by atoms with Gasteiger partial charge in [-0.1, -0.05) is 25.1 Å². The Morgan fingerprint density at radius 3 is 2.95 bits per heavy atom. The molecule has 0 bridgehead atoms. The monoisotopic (exact) mass is 277 g/mol. The number of hydrogen-bond donors (Lipinski definition) is 2. The lowest BCUT2D eigenvalue weighted by Crippen LogP contribution is -2.35. The normalized spacial score (nSPS) is 19.8. The van der Waals surface area contributed by atoms with E-state index >= 15 is 0 Å². The molecule has 2 rings (SSSR count). The van der Waals surface area contributed by atoms with Crippen molar-refractivity contribution in [3.8, 4) is 0 Å². The first-order valence-corrected chi connectivity index (χ1v) is 7.31.